The number of H-pyrrole nitrogens is 1. The maximum Gasteiger partial charge on any atom is 0.334 e. The molecule has 6 nitrogen and oxygen atoms in total. The highest BCUT2D eigenvalue weighted by atomic mass is 16.3. The van der Waals surface area contributed by atoms with Crippen LogP contribution in [-0.2, 0) is 13.7 Å². The summed E-state index contributed by atoms with van der Waals surface area (Å²) in [6, 6.07) is 11.3. The molecule has 3 aromatic heterocycles. The van der Waals surface area contributed by atoms with E-state index in [1.54, 1.807) is 22.4 Å². The van der Waals surface area contributed by atoms with Gasteiger partial charge in [0.15, 0.2) is 5.65 Å². The number of rotatable bonds is 2. The van der Waals surface area contributed by atoms with E-state index in [4.69, 9.17) is 0 Å². The number of benzene rings is 1. The first kappa shape index (κ1) is 12.8. The van der Waals surface area contributed by atoms with Crippen LogP contribution < -0.4 is 5.69 Å². The fraction of sp³-hybridized carbons (Fsp3) is 0.125. The third kappa shape index (κ3) is 1.71. The van der Waals surface area contributed by atoms with E-state index in [-0.39, 0.29) is 12.3 Å². The van der Waals surface area contributed by atoms with E-state index in [9.17, 15) is 9.90 Å². The number of hydrogen-bond donors (Lipinski definition) is 2. The van der Waals surface area contributed by atoms with E-state index in [1.165, 1.54) is 0 Å². The van der Waals surface area contributed by atoms with Gasteiger partial charge in [0.25, 0.3) is 0 Å². The van der Waals surface area contributed by atoms with Gasteiger partial charge < -0.3 is 10.1 Å². The Balaban J connectivity index is 2.02. The highest BCUT2D eigenvalue weighted by Crippen LogP contribution is 2.21. The van der Waals surface area contributed by atoms with Crippen molar-refractivity contribution in [2.75, 3.05) is 0 Å². The summed E-state index contributed by atoms with van der Waals surface area (Å²) in [5.41, 5.74) is 3.71. The average molecular weight is 294 g/mol. The lowest BCUT2D eigenvalue weighted by Crippen LogP contribution is -2.20. The van der Waals surface area contributed by atoms with Crippen LogP contribution in [0.1, 0.15) is 5.69 Å². The number of imidazole rings is 1. The predicted octanol–water partition coefficient (Wildman–Crippen LogP) is 1.70. The summed E-state index contributed by atoms with van der Waals surface area (Å²) >= 11 is 0. The fourth-order valence-electron chi connectivity index (χ4n) is 2.80. The molecule has 0 spiro atoms. The molecular formula is C16H14N4O2. The van der Waals surface area contributed by atoms with Gasteiger partial charge in [0, 0.05) is 29.8 Å². The van der Waals surface area contributed by atoms with Crippen LogP contribution in [0.15, 0.2) is 47.4 Å². The minimum absolute atomic E-state index is 0.0419. The molecule has 0 saturated heterocycles. The van der Waals surface area contributed by atoms with Crippen LogP contribution in [0.3, 0.4) is 0 Å². The normalized spacial score (nSPS) is 11.5. The van der Waals surface area contributed by atoms with Crippen LogP contribution in [-0.4, -0.2) is 24.2 Å². The first-order valence-electron chi connectivity index (χ1n) is 6.94. The highest BCUT2D eigenvalue weighted by Gasteiger charge is 2.13. The number of nitrogens with zero attached hydrogens (tertiary/aromatic N) is 3. The quantitative estimate of drug-likeness (QED) is 0.591. The van der Waals surface area contributed by atoms with Crippen LogP contribution in [0.4, 0.5) is 0 Å². The minimum Gasteiger partial charge on any atom is -0.390 e. The molecule has 0 fully saturated rings. The second-order valence-electron chi connectivity index (χ2n) is 5.25. The van der Waals surface area contributed by atoms with Gasteiger partial charge in [-0.25, -0.2) is 14.3 Å². The molecule has 110 valence electrons. The summed E-state index contributed by atoms with van der Waals surface area (Å²) in [6.07, 6.45) is 1.68. The number of aromatic amines is 1. The average Bonchev–Trinajstić information content (AvgIpc) is 3.07. The predicted molar refractivity (Wildman–Crippen MR) is 84.1 cm³/mol. The van der Waals surface area contributed by atoms with Gasteiger partial charge in [-0.1, -0.05) is 0 Å². The molecule has 0 atom stereocenters. The lowest BCUT2D eigenvalue weighted by Gasteiger charge is -2.02. The smallest absolute Gasteiger partial charge is 0.334 e. The number of aliphatic hydroxyl groups excluding tert-OH is 1. The van der Waals surface area contributed by atoms with Crippen molar-refractivity contribution in [1.29, 1.82) is 0 Å². The molecule has 4 rings (SSSR count). The van der Waals surface area contributed by atoms with Gasteiger partial charge in [-0.3, -0.25) is 4.57 Å². The van der Waals surface area contributed by atoms with Crippen molar-refractivity contribution >= 4 is 22.1 Å². The van der Waals surface area contributed by atoms with Crippen molar-refractivity contribution in [2.45, 2.75) is 6.61 Å². The van der Waals surface area contributed by atoms with Gasteiger partial charge in [0.2, 0.25) is 0 Å². The molecule has 22 heavy (non-hydrogen) atoms. The zero-order valence-electron chi connectivity index (χ0n) is 11.9. The molecule has 0 amide bonds. The highest BCUT2D eigenvalue weighted by molar-refractivity contribution is 5.83. The minimum atomic E-state index is -0.133. The molecular weight excluding hydrogens is 280 g/mol. The van der Waals surface area contributed by atoms with E-state index < -0.39 is 0 Å². The first-order chi connectivity index (χ1) is 10.7. The van der Waals surface area contributed by atoms with Crippen LogP contribution in [0.25, 0.3) is 27.8 Å². The Hall–Kier alpha value is -2.86. The number of fused-ring (bicyclic) bond motifs is 2. The van der Waals surface area contributed by atoms with Crippen molar-refractivity contribution in [3.63, 3.8) is 0 Å². The van der Waals surface area contributed by atoms with E-state index in [2.05, 4.69) is 9.97 Å². The van der Waals surface area contributed by atoms with Crippen LogP contribution in [0.2, 0.25) is 0 Å². The van der Waals surface area contributed by atoms with Gasteiger partial charge in [-0.2, -0.15) is 0 Å². The maximum atomic E-state index is 12.5. The van der Waals surface area contributed by atoms with E-state index in [0.29, 0.717) is 5.65 Å². The Morgan fingerprint density at radius 1 is 1.27 bits per heavy atom. The Kier molecular flexibility index (Phi) is 2.67. The van der Waals surface area contributed by atoms with Crippen LogP contribution in [0, 0.1) is 0 Å². The van der Waals surface area contributed by atoms with E-state index >= 15 is 0 Å². The number of pyridine rings is 1. The van der Waals surface area contributed by atoms with Gasteiger partial charge in [0.05, 0.1) is 17.8 Å². The molecule has 2 N–H and O–H groups in total. The number of aromatic nitrogens is 4. The number of hydrogen-bond acceptors (Lipinski definition) is 3. The molecule has 0 bridgehead atoms. The molecule has 0 aliphatic heterocycles. The SMILES string of the molecule is Cn1c(=O)n(-c2ccc3[nH]c(CO)cc3c2)c2ncccc21. The number of nitrogens with one attached hydrogen (secondary N) is 1. The zero-order valence-corrected chi connectivity index (χ0v) is 11.9. The number of aryl methyl sites for hydroxylation is 1. The van der Waals surface area contributed by atoms with Crippen LogP contribution >= 0.6 is 0 Å². The van der Waals surface area contributed by atoms with E-state index in [0.717, 1.165) is 27.8 Å². The topological polar surface area (TPSA) is 75.8 Å². The second kappa shape index (κ2) is 4.57. The maximum absolute atomic E-state index is 12.5. The molecule has 1 aromatic carbocycles. The molecule has 3 heterocycles. The lowest BCUT2D eigenvalue weighted by atomic mass is 10.2. The van der Waals surface area contributed by atoms with Crippen molar-refractivity contribution in [1.82, 2.24) is 19.1 Å². The Morgan fingerprint density at radius 3 is 2.95 bits per heavy atom. The molecule has 0 aliphatic rings. The molecule has 0 saturated carbocycles. The van der Waals surface area contributed by atoms with Crippen molar-refractivity contribution in [2.24, 2.45) is 7.05 Å². The Morgan fingerprint density at radius 2 is 2.14 bits per heavy atom. The van der Waals surface area contributed by atoms with Crippen molar-refractivity contribution in [3.8, 4) is 5.69 Å². The Bertz CT molecular complexity index is 1060. The first-order valence-corrected chi connectivity index (χ1v) is 6.94. The summed E-state index contributed by atoms with van der Waals surface area (Å²) in [7, 11) is 1.74. The lowest BCUT2D eigenvalue weighted by molar-refractivity contribution is 0.278. The number of aliphatic hydroxyl groups is 1. The van der Waals surface area contributed by atoms with Crippen LogP contribution in [0.5, 0.6) is 0 Å². The van der Waals surface area contributed by atoms with Gasteiger partial charge >= 0.3 is 5.69 Å². The van der Waals surface area contributed by atoms with Gasteiger partial charge in [-0.05, 0) is 36.4 Å². The monoisotopic (exact) mass is 294 g/mol. The zero-order chi connectivity index (χ0) is 15.3. The van der Waals surface area contributed by atoms with Crippen molar-refractivity contribution < 1.29 is 5.11 Å². The third-order valence-electron chi connectivity index (χ3n) is 3.91. The van der Waals surface area contributed by atoms with Crippen molar-refractivity contribution in [3.05, 3.63) is 58.8 Å². The standard InChI is InChI=1S/C16H14N4O2/c1-19-14-3-2-6-17-15(14)20(16(19)22)12-4-5-13-10(8-12)7-11(9-21)18-13/h2-8,18,21H,9H2,1H3. The molecule has 0 radical (unpaired) electrons. The molecule has 6 heteroatoms. The summed E-state index contributed by atoms with van der Waals surface area (Å²) < 4.78 is 3.18. The summed E-state index contributed by atoms with van der Waals surface area (Å²) in [4.78, 5) is 20.0. The molecule has 0 aliphatic carbocycles. The largest absolute Gasteiger partial charge is 0.390 e. The molecule has 4 aromatic rings. The summed E-state index contributed by atoms with van der Waals surface area (Å²) in [5, 5.41) is 10.2. The summed E-state index contributed by atoms with van der Waals surface area (Å²) in [6.45, 7) is -0.0419. The fourth-order valence-corrected chi connectivity index (χ4v) is 2.80. The van der Waals surface area contributed by atoms with Gasteiger partial charge in [0.1, 0.15) is 0 Å². The molecule has 0 unspecified atom stereocenters. The Labute approximate surface area is 125 Å². The third-order valence-corrected chi connectivity index (χ3v) is 3.91. The second-order valence-corrected chi connectivity index (χ2v) is 5.25. The van der Waals surface area contributed by atoms with E-state index in [1.807, 2.05) is 36.4 Å². The summed E-state index contributed by atoms with van der Waals surface area (Å²) in [5.74, 6) is 0. The van der Waals surface area contributed by atoms with Gasteiger partial charge in [-0.15, -0.1) is 0 Å².